The van der Waals surface area contributed by atoms with Crippen LogP contribution in [0.15, 0.2) is 33.5 Å². The van der Waals surface area contributed by atoms with Crippen molar-refractivity contribution in [3.05, 3.63) is 34.5 Å². The molecule has 4 rings (SSSR count). The first-order chi connectivity index (χ1) is 17.7. The van der Waals surface area contributed by atoms with Crippen LogP contribution in [0.4, 0.5) is 0 Å². The fraction of sp³-hybridized carbons (Fsp3) is 0.375. The van der Waals surface area contributed by atoms with E-state index in [1.165, 1.54) is 45.6 Å². The van der Waals surface area contributed by atoms with Crippen LogP contribution >= 0.6 is 0 Å². The lowest BCUT2D eigenvalue weighted by Gasteiger charge is -2.39. The van der Waals surface area contributed by atoms with Crippen molar-refractivity contribution in [2.24, 2.45) is 0 Å². The summed E-state index contributed by atoms with van der Waals surface area (Å²) in [5.74, 6) is -1.64. The van der Waals surface area contributed by atoms with Gasteiger partial charge in [-0.15, -0.1) is 0 Å². The molecule has 0 spiro atoms. The van der Waals surface area contributed by atoms with Crippen LogP contribution < -0.4 is 24.4 Å². The summed E-state index contributed by atoms with van der Waals surface area (Å²) in [4.78, 5) is 13.3. The van der Waals surface area contributed by atoms with E-state index < -0.39 is 48.5 Å². The van der Waals surface area contributed by atoms with E-state index in [1.54, 1.807) is 0 Å². The molecule has 2 aromatic carbocycles. The maximum Gasteiger partial charge on any atom is 0.239 e. The molecule has 0 aliphatic carbocycles. The molecule has 0 unspecified atom stereocenters. The van der Waals surface area contributed by atoms with Crippen molar-refractivity contribution in [1.82, 2.24) is 0 Å². The van der Waals surface area contributed by atoms with Crippen molar-refractivity contribution in [3.63, 3.8) is 0 Å². The molecule has 3 aromatic rings. The van der Waals surface area contributed by atoms with Crippen molar-refractivity contribution >= 4 is 11.0 Å². The van der Waals surface area contributed by atoms with Crippen LogP contribution in [0.3, 0.4) is 0 Å². The summed E-state index contributed by atoms with van der Waals surface area (Å²) in [5, 5.41) is 60.6. The number of phenols is 2. The van der Waals surface area contributed by atoms with E-state index in [2.05, 4.69) is 0 Å². The van der Waals surface area contributed by atoms with Crippen molar-refractivity contribution < 1.29 is 58.7 Å². The van der Waals surface area contributed by atoms with Crippen LogP contribution in [0.5, 0.6) is 34.5 Å². The fourth-order valence-electron chi connectivity index (χ4n) is 4.06. The second kappa shape index (κ2) is 10.3. The maximum atomic E-state index is 13.3. The van der Waals surface area contributed by atoms with Gasteiger partial charge in [-0.3, -0.25) is 4.79 Å². The molecule has 1 aliphatic heterocycles. The van der Waals surface area contributed by atoms with Gasteiger partial charge in [0.15, 0.2) is 28.8 Å². The van der Waals surface area contributed by atoms with Gasteiger partial charge in [0.25, 0.3) is 0 Å². The Bertz CT molecular complexity index is 1350. The number of phenolic OH excluding ortho intramolecular Hbond substituents is 2. The molecule has 37 heavy (non-hydrogen) atoms. The first-order valence-electron chi connectivity index (χ1n) is 11.0. The van der Waals surface area contributed by atoms with E-state index in [0.29, 0.717) is 0 Å². The summed E-state index contributed by atoms with van der Waals surface area (Å²) in [6.07, 6.45) is -7.93. The van der Waals surface area contributed by atoms with Crippen LogP contribution in [0.25, 0.3) is 22.3 Å². The van der Waals surface area contributed by atoms with Crippen molar-refractivity contribution in [1.29, 1.82) is 0 Å². The summed E-state index contributed by atoms with van der Waals surface area (Å²) in [6.45, 7) is -0.683. The quantitative estimate of drug-likeness (QED) is 0.244. The minimum atomic E-state index is -1.75. The number of benzene rings is 2. The summed E-state index contributed by atoms with van der Waals surface area (Å²) < 4.78 is 32.4. The summed E-state index contributed by atoms with van der Waals surface area (Å²) in [5.41, 5.74) is -0.695. The van der Waals surface area contributed by atoms with Crippen molar-refractivity contribution in [2.45, 2.75) is 30.7 Å². The maximum absolute atomic E-state index is 13.3. The van der Waals surface area contributed by atoms with E-state index in [9.17, 15) is 35.4 Å². The minimum Gasteiger partial charge on any atom is -0.504 e. The third-order valence-electron chi connectivity index (χ3n) is 5.98. The molecule has 2 heterocycles. The topological polar surface area (TPSA) is 198 Å². The highest BCUT2D eigenvalue weighted by molar-refractivity contribution is 5.91. The van der Waals surface area contributed by atoms with Crippen LogP contribution in [0.1, 0.15) is 0 Å². The van der Waals surface area contributed by atoms with E-state index >= 15 is 0 Å². The van der Waals surface area contributed by atoms with E-state index in [1.807, 2.05) is 0 Å². The van der Waals surface area contributed by atoms with Gasteiger partial charge < -0.3 is 58.7 Å². The van der Waals surface area contributed by atoms with Crippen molar-refractivity contribution in [2.75, 3.05) is 27.9 Å². The first kappa shape index (κ1) is 26.3. The SMILES string of the molecule is COc1ccc(-c2oc3cc(O[C@@H]4O[C@H](CO)[C@@H](O)[C@H](O)[C@H]4O)c(OC)c(O)c3c(=O)c2OC)cc1O. The molecule has 200 valence electrons. The molecule has 1 saturated heterocycles. The fourth-order valence-corrected chi connectivity index (χ4v) is 4.06. The molecule has 13 heteroatoms. The highest BCUT2D eigenvalue weighted by Crippen LogP contribution is 2.45. The number of aliphatic hydroxyl groups excluding tert-OH is 4. The molecule has 0 saturated carbocycles. The zero-order valence-electron chi connectivity index (χ0n) is 19.9. The number of rotatable bonds is 7. The van der Waals surface area contributed by atoms with Crippen LogP contribution in [0, 0.1) is 0 Å². The number of methoxy groups -OCH3 is 3. The number of ether oxygens (including phenoxy) is 5. The lowest BCUT2D eigenvalue weighted by molar-refractivity contribution is -0.277. The first-order valence-corrected chi connectivity index (χ1v) is 11.0. The Kier molecular flexibility index (Phi) is 7.34. The Hall–Kier alpha value is -3.75. The number of hydrogen-bond donors (Lipinski definition) is 6. The Balaban J connectivity index is 1.87. The van der Waals surface area contributed by atoms with Gasteiger partial charge in [0.1, 0.15) is 35.4 Å². The molecule has 13 nitrogen and oxygen atoms in total. The molecule has 6 N–H and O–H groups in total. The van der Waals surface area contributed by atoms with Crippen molar-refractivity contribution in [3.8, 4) is 45.8 Å². The predicted octanol–water partition coefficient (Wildman–Crippen LogP) is 0.0757. The van der Waals surface area contributed by atoms with Gasteiger partial charge in [-0.05, 0) is 18.2 Å². The normalized spacial score (nSPS) is 23.6. The van der Waals surface area contributed by atoms with E-state index in [0.717, 1.165) is 0 Å². The monoisotopic (exact) mass is 522 g/mol. The standard InChI is InChI=1S/C24H26O13/c1-32-11-5-4-9(6-10(11)26)21-23(34-3)18(29)15-12(35-21)7-13(22(33-2)17(15)28)36-24-20(31)19(30)16(27)14(8-25)37-24/h4-7,14,16,19-20,24-28,30-31H,8H2,1-3H3/t14-,16-,19+,20-,24-/m1/s1. The van der Waals surface area contributed by atoms with Gasteiger partial charge in [-0.2, -0.15) is 0 Å². The molecular weight excluding hydrogens is 496 g/mol. The average Bonchev–Trinajstić information content (AvgIpc) is 2.88. The largest absolute Gasteiger partial charge is 0.504 e. The summed E-state index contributed by atoms with van der Waals surface area (Å²) >= 11 is 0. The van der Waals surface area contributed by atoms with Crippen LogP contribution in [-0.4, -0.2) is 89.3 Å². The molecule has 1 aliphatic rings. The predicted molar refractivity (Wildman–Crippen MR) is 125 cm³/mol. The molecule has 0 bridgehead atoms. The number of fused-ring (bicyclic) bond motifs is 1. The summed E-state index contributed by atoms with van der Waals surface area (Å²) in [7, 11) is 3.79. The minimum absolute atomic E-state index is 0.0821. The lowest BCUT2D eigenvalue weighted by Crippen LogP contribution is -2.60. The zero-order valence-corrected chi connectivity index (χ0v) is 19.9. The molecule has 1 fully saturated rings. The molecular formula is C24H26O13. The summed E-state index contributed by atoms with van der Waals surface area (Å²) in [6, 6.07) is 5.44. The third-order valence-corrected chi connectivity index (χ3v) is 5.98. The Labute approximate surface area is 209 Å². The number of aliphatic hydroxyl groups is 4. The van der Waals surface area contributed by atoms with Gasteiger partial charge in [0.2, 0.25) is 23.2 Å². The Morgan fingerprint density at radius 1 is 0.892 bits per heavy atom. The average molecular weight is 522 g/mol. The molecule has 5 atom stereocenters. The van der Waals surface area contributed by atoms with Gasteiger partial charge in [-0.25, -0.2) is 0 Å². The number of aromatic hydroxyl groups is 2. The van der Waals surface area contributed by atoms with E-state index in [-0.39, 0.29) is 51.0 Å². The molecule has 0 radical (unpaired) electrons. The molecule has 1 aromatic heterocycles. The van der Waals surface area contributed by atoms with Gasteiger partial charge in [0.05, 0.1) is 27.9 Å². The smallest absolute Gasteiger partial charge is 0.239 e. The third kappa shape index (κ3) is 4.47. The second-order valence-electron chi connectivity index (χ2n) is 8.13. The Morgan fingerprint density at radius 2 is 1.59 bits per heavy atom. The zero-order chi connectivity index (χ0) is 27.0. The molecule has 0 amide bonds. The highest BCUT2D eigenvalue weighted by atomic mass is 16.7. The second-order valence-corrected chi connectivity index (χ2v) is 8.13. The lowest BCUT2D eigenvalue weighted by atomic mass is 9.99. The van der Waals surface area contributed by atoms with Crippen LogP contribution in [-0.2, 0) is 4.74 Å². The van der Waals surface area contributed by atoms with Gasteiger partial charge in [0, 0.05) is 11.6 Å². The van der Waals surface area contributed by atoms with E-state index in [4.69, 9.17) is 28.1 Å². The highest BCUT2D eigenvalue weighted by Gasteiger charge is 2.45. The van der Waals surface area contributed by atoms with Gasteiger partial charge >= 0.3 is 0 Å². The van der Waals surface area contributed by atoms with Gasteiger partial charge in [-0.1, -0.05) is 0 Å². The number of hydrogen-bond acceptors (Lipinski definition) is 13. The Morgan fingerprint density at radius 3 is 2.19 bits per heavy atom. The van der Waals surface area contributed by atoms with Crippen LogP contribution in [0.2, 0.25) is 0 Å².